The molecule has 836 valence electrons. The Hall–Kier alpha value is 0. The molecule has 0 spiro atoms. The highest BCUT2D eigenvalue weighted by molar-refractivity contribution is 2.61. The van der Waals surface area contributed by atoms with Gasteiger partial charge in [-0.1, -0.05) is 772 Å². The fraction of sp³-hybridized carbons (Fsp3) is 1.00. The van der Waals surface area contributed by atoms with Crippen LogP contribution in [0.1, 0.15) is 775 Å². The molecule has 0 N–H and O–H groups in total. The summed E-state index contributed by atoms with van der Waals surface area (Å²) in [6.07, 6.45) is 0. The lowest BCUT2D eigenvalue weighted by Gasteiger charge is -0.0786. The number of hydrogen-bond donors (Lipinski definition) is 0. The van der Waals surface area contributed by atoms with Crippen molar-refractivity contribution < 1.29 is 2.85 Å². The lowest BCUT2D eigenvalue weighted by atomic mass is 12.0. The van der Waals surface area contributed by atoms with E-state index in [9.17, 15) is 0 Å². The van der Waals surface area contributed by atoms with Gasteiger partial charge in [0.05, 0.1) is 0 Å². The maximum absolute atomic E-state index is 0. The lowest BCUT2D eigenvalue weighted by Crippen LogP contribution is 0.143. The second-order valence-corrected chi connectivity index (χ2v) is 0. The summed E-state index contributed by atoms with van der Waals surface area (Å²) >= 11 is 0. The molecule has 0 aliphatic heterocycles. The van der Waals surface area contributed by atoms with Gasteiger partial charge in [0, 0.05) is 2.85 Å². The van der Waals surface area contributed by atoms with Crippen molar-refractivity contribution in [2.45, 2.75) is 772 Å². The average Bonchev–Trinajstić information content (AvgIpc) is 0. The van der Waals surface area contributed by atoms with Gasteiger partial charge in [-0.3, -0.25) is 0 Å². The zero-order chi connectivity index (χ0) is 0. The molecule has 0 rings (SSSR count). The molecule has 0 saturated carbocycles. The van der Waals surface area contributed by atoms with E-state index in [0.29, 0.717) is 0 Å². The maximum Gasteiger partial charge on any atom is 0 e. The van der Waals surface area contributed by atoms with Crippen LogP contribution in [-0.2, 0) is 0 Å². The maximum atomic E-state index is 0. The van der Waals surface area contributed by atoms with Crippen LogP contribution in [0, 0.1) is 0 Å². The van der Waals surface area contributed by atoms with Gasteiger partial charge in [-0.15, -0.1) is 0 Å². The second kappa shape index (κ2) is 0. The van der Waals surface area contributed by atoms with Crippen molar-refractivity contribution >= 4 is 0 Å². The predicted molar refractivity (Wildman–Crippen MR) is 704 cm³/mol. The van der Waals surface area contributed by atoms with Gasteiger partial charge >= 0.3 is 0 Å². The molecule has 0 amide bonds. The van der Waals surface area contributed by atoms with Crippen molar-refractivity contribution in [3.05, 3.63) is 0 Å². The molecule has 0 aliphatic carbocycles. The van der Waals surface area contributed by atoms with Crippen LogP contribution >= 0.6 is 0 Å². The molecule has 104 heavy (non-hydrogen) atoms. The van der Waals surface area contributed by atoms with E-state index in [1.165, 1.54) is 0 Å². The monoisotopic (exact) mass is 1680 g/mol. The Morgan fingerprint density at radius 3 is 0.0192 bits per heavy atom. The van der Waals surface area contributed by atoms with Gasteiger partial charge in [0.15, 0.2) is 0 Å². The molecule has 0 aromatic heterocycles. The first-order valence-corrected chi connectivity index (χ1v) is 0. The number of hydrogen-bond acceptors (Lipinski definition) is 0. The fourth-order valence-corrected chi connectivity index (χ4v) is 0. The third-order valence-electron chi connectivity index (χ3n) is 0. The predicted octanol–water partition coefficient (Wildman–Crippen LogP) is 66.6. The zero-order valence-corrected chi connectivity index (χ0v) is 0. The lowest BCUT2D eigenvalue weighted by molar-refractivity contribution is 2.50. The minimum absolute atomic E-state index is 0. The molecule has 0 unspecified atom stereocenters. The number of rotatable bonds is 0. The van der Waals surface area contributed by atoms with Crippen LogP contribution in [-0.4, -0.2) is 0 Å². The minimum atomic E-state index is 0. The van der Waals surface area contributed by atoms with E-state index in [0.717, 1.165) is 0 Å². The highest BCUT2D eigenvalue weighted by Crippen LogP contribution is 0.247. The van der Waals surface area contributed by atoms with E-state index >= 15 is 0 Å². The Bertz CT molecular complexity index is 14.3. The topological polar surface area (TPSA) is 0 Å². The first kappa shape index (κ1) is 0. The molecule has 0 bridgehead atoms. The molecule has 0 fully saturated rings. The first-order valence-electron chi connectivity index (χ1n) is 0. The molecule has 0 aliphatic rings. The summed E-state index contributed by atoms with van der Waals surface area (Å²) in [4.78, 5) is 0. The smallest absolute Gasteiger partial charge is 0 e. The Morgan fingerprint density at radius 1 is 0.0192 bits per heavy atom. The minimum Gasteiger partial charge on any atom is -0.0776 e. The quantitative estimate of drug-likeness (QED) is 0.227. The molecular weight excluding hydrogens is 1250 g/mol. The normalized spacial score (nSPS) is 0. The highest BCUT2D eigenvalue weighted by atomic mass is 12.1. The van der Waals surface area contributed by atoms with Crippen LogP contribution in [0.5, 0.6) is 0 Å². The molecule has 0 saturated heterocycles. The summed E-state index contributed by atoms with van der Waals surface area (Å²) in [5, 5.41) is 0. The Kier molecular flexibility index (Phi) is 0. The van der Waals surface area contributed by atoms with Crippen molar-refractivity contribution in [2.24, 2.45) is 0 Å². The van der Waals surface area contributed by atoms with Gasteiger partial charge in [0.25, 0.3) is 0 Å². The summed E-state index contributed by atoms with van der Waals surface area (Å²) in [5.74, 6) is 0. The van der Waals surface area contributed by atoms with Crippen LogP contribution < -0.4 is 0 Å². The van der Waals surface area contributed by atoms with Crippen molar-refractivity contribution in [3.63, 3.8) is 0 Å². The van der Waals surface area contributed by atoms with Gasteiger partial charge in [-0.2, -0.15) is 0 Å². The van der Waals surface area contributed by atoms with E-state index in [-0.39, 0.29) is 775 Å². The van der Waals surface area contributed by atoms with Crippen molar-refractivity contribution in [3.8, 4) is 0 Å². The van der Waals surface area contributed by atoms with Crippen LogP contribution in [0.25, 0.3) is 0 Å². The average molecular weight is 1680 g/mol. The van der Waals surface area contributed by atoms with Crippen LogP contribution in [0.4, 0.5) is 0 Å². The second-order valence-electron chi connectivity index (χ2n) is 0. The third kappa shape index (κ3) is 0. The van der Waals surface area contributed by atoms with Crippen LogP contribution in [0.2, 0.25) is 0 Å². The molecule has 0 aromatic rings. The fourth-order valence-electron chi connectivity index (χ4n) is 0. The van der Waals surface area contributed by atoms with E-state index in [1.54, 1.807) is 0 Å². The molecule has 0 aromatic carbocycles. The van der Waals surface area contributed by atoms with Crippen LogP contribution in [0.15, 0.2) is 0 Å². The summed E-state index contributed by atoms with van der Waals surface area (Å²) in [6, 6.07) is 0. The van der Waals surface area contributed by atoms with E-state index in [1.807, 2.05) is 0 Å². The summed E-state index contributed by atoms with van der Waals surface area (Å²) in [7, 11) is 0. The molecule has 0 atom stereocenters. The third-order valence-corrected chi connectivity index (χ3v) is 0. The zero-order valence-electron chi connectivity index (χ0n) is 0. The molecule has 0 heterocycles. The van der Waals surface area contributed by atoms with E-state index in [2.05, 4.69) is 0 Å². The summed E-state index contributed by atoms with van der Waals surface area (Å²) < 4.78 is 0. The van der Waals surface area contributed by atoms with Gasteiger partial charge in [0.2, 0.25) is 0 Å². The van der Waals surface area contributed by atoms with Crippen LogP contribution in [0.3, 0.4) is 0 Å². The standard InChI is InChI=1S/104CH4.2H2/h104*1H4;2*1H/i;;;;;;;;;;;;;;;;;;;;;;;;;;;;;;;;;;;;;;;;;;;;;;;;;;;;;;;;;;;;;;;;;;;;;;;;;;;;;;;;;;;;;;;;;;;;;;;;;;;;;;;;2*1+2. The highest BCUT2D eigenvalue weighted by Gasteiger charge is 0.0254. The van der Waals surface area contributed by atoms with Gasteiger partial charge < -0.3 is 0 Å². The summed E-state index contributed by atoms with van der Waals surface area (Å²) in [6.45, 7) is 0. The molecular formula is C104H420. The Balaban J connectivity index is 0. The molecule has 0 nitrogen and oxygen atoms in total. The summed E-state index contributed by atoms with van der Waals surface area (Å²) in [5.41, 5.74) is 0. The SMILES string of the molecule is C.C.C.C.C.C.C.C.C.C.C.C.C.C.C.C.C.C.C.C.C.C.C.C.C.C.C.C.C.C.C.C.C.C.C.C.C.C.C.C.C.C.C.C.C.C.C.C.C.C.C.C.C.C.C.C.C.C.C.C.C.C.C.C.C.C.C.C.C.C.C.C.C.C.C.C.C.C.C.C.C.C.C.C.C.C.C.C.C.C.C.C.C.C.C.C.C.C.C.C.C.C.C.C.[3HH].[3HH]. The van der Waals surface area contributed by atoms with E-state index in [4.69, 9.17) is 0 Å². The van der Waals surface area contributed by atoms with Crippen molar-refractivity contribution in [1.82, 2.24) is 0 Å². The Morgan fingerprint density at radius 2 is 0.0192 bits per heavy atom. The van der Waals surface area contributed by atoms with Gasteiger partial charge in [-0.05, 0) is 0 Å². The Labute approximate surface area is 771 Å². The van der Waals surface area contributed by atoms with Gasteiger partial charge in [-0.25, -0.2) is 0 Å². The molecule has 0 radical (unpaired) electrons. The van der Waals surface area contributed by atoms with Crippen molar-refractivity contribution in [1.29, 1.82) is 0 Å². The van der Waals surface area contributed by atoms with Gasteiger partial charge in [0.1, 0.15) is 0 Å². The molecule has 0 heteroatoms. The van der Waals surface area contributed by atoms with Crippen molar-refractivity contribution in [2.75, 3.05) is 0 Å². The largest absolute Gasteiger partial charge is 0.0776 e. The van der Waals surface area contributed by atoms with E-state index < -0.39 is 0 Å². The first-order chi connectivity index (χ1) is 0.